The Morgan fingerprint density at radius 3 is 2.47 bits per heavy atom. The Bertz CT molecular complexity index is 1610. The molecule has 1 aromatic heterocycles. The first-order chi connectivity index (χ1) is 18.7. The third kappa shape index (κ3) is 4.57. The molecule has 0 saturated carbocycles. The van der Waals surface area contributed by atoms with E-state index in [9.17, 15) is 9.59 Å². The fourth-order valence-electron chi connectivity index (χ4n) is 5.43. The van der Waals surface area contributed by atoms with E-state index in [2.05, 4.69) is 34.6 Å². The van der Waals surface area contributed by atoms with Gasteiger partial charge in [-0.05, 0) is 40.5 Å². The fourth-order valence-corrected chi connectivity index (χ4v) is 5.43. The summed E-state index contributed by atoms with van der Waals surface area (Å²) in [5.41, 5.74) is 3.28. The van der Waals surface area contributed by atoms with Crippen molar-refractivity contribution in [2.75, 3.05) is 11.9 Å². The zero-order chi connectivity index (χ0) is 25.9. The van der Waals surface area contributed by atoms with E-state index in [-0.39, 0.29) is 18.4 Å². The first kappa shape index (κ1) is 23.7. The van der Waals surface area contributed by atoms with Gasteiger partial charge in [0.1, 0.15) is 12.6 Å². The monoisotopic (exact) mass is 501 g/mol. The Balaban J connectivity index is 1.34. The smallest absolute Gasteiger partial charge is 0.410 e. The summed E-state index contributed by atoms with van der Waals surface area (Å²) in [4.78, 5) is 33.4. The Morgan fingerprint density at radius 1 is 0.842 bits per heavy atom. The van der Waals surface area contributed by atoms with Crippen LogP contribution in [0.1, 0.15) is 23.5 Å². The minimum Gasteiger partial charge on any atom is -0.445 e. The molecule has 6 nitrogen and oxygen atoms in total. The second-order valence-electron chi connectivity index (χ2n) is 9.51. The van der Waals surface area contributed by atoms with Gasteiger partial charge in [-0.25, -0.2) is 4.79 Å². The summed E-state index contributed by atoms with van der Waals surface area (Å²) in [5.74, 6) is -0.441. The quantitative estimate of drug-likeness (QED) is 0.298. The standard InChI is InChI=1S/C32H27N3O3/c36-31(34-28-17-7-13-24-14-8-19-33-29(24)28)30-27(26-16-6-12-23-11-4-5-15-25(23)26)18-20-35(30)32(37)38-21-22-9-2-1-3-10-22/h1-17,19,27,30H,18,20-21H2,(H,34,36)/t27-,30-/m0/s1. The number of hydrogen-bond acceptors (Lipinski definition) is 4. The second kappa shape index (κ2) is 10.3. The molecule has 0 radical (unpaired) electrons. The molecule has 0 bridgehead atoms. The van der Waals surface area contributed by atoms with Crippen LogP contribution in [0.25, 0.3) is 21.7 Å². The molecule has 0 aliphatic carbocycles. The number of anilines is 1. The molecule has 6 heteroatoms. The molecule has 2 heterocycles. The zero-order valence-electron chi connectivity index (χ0n) is 20.8. The maximum absolute atomic E-state index is 14.0. The second-order valence-corrected chi connectivity index (χ2v) is 9.51. The highest BCUT2D eigenvalue weighted by Crippen LogP contribution is 2.38. The number of aromatic nitrogens is 1. The number of hydrogen-bond donors (Lipinski definition) is 1. The molecule has 0 unspecified atom stereocenters. The lowest BCUT2D eigenvalue weighted by molar-refractivity contribution is -0.120. The first-order valence-electron chi connectivity index (χ1n) is 12.8. The van der Waals surface area contributed by atoms with E-state index >= 15 is 0 Å². The number of carbonyl (C=O) groups excluding carboxylic acids is 2. The minimum atomic E-state index is -0.733. The third-order valence-electron chi connectivity index (χ3n) is 7.22. The van der Waals surface area contributed by atoms with Crippen molar-refractivity contribution in [2.24, 2.45) is 0 Å². The van der Waals surface area contributed by atoms with Gasteiger partial charge >= 0.3 is 6.09 Å². The molecule has 1 aliphatic rings. The van der Waals surface area contributed by atoms with Crippen molar-refractivity contribution in [3.63, 3.8) is 0 Å². The Morgan fingerprint density at radius 2 is 1.58 bits per heavy atom. The first-order valence-corrected chi connectivity index (χ1v) is 12.8. The van der Waals surface area contributed by atoms with Crippen LogP contribution in [0.3, 0.4) is 0 Å². The van der Waals surface area contributed by atoms with Crippen LogP contribution in [-0.2, 0) is 16.1 Å². The molecule has 2 atom stereocenters. The summed E-state index contributed by atoms with van der Waals surface area (Å²) in [5, 5.41) is 6.21. The number of nitrogens with zero attached hydrogens (tertiary/aromatic N) is 2. The van der Waals surface area contributed by atoms with Gasteiger partial charge < -0.3 is 10.1 Å². The molecule has 188 valence electrons. The Hall–Kier alpha value is -4.71. The van der Waals surface area contributed by atoms with E-state index in [0.29, 0.717) is 24.2 Å². The van der Waals surface area contributed by atoms with Gasteiger partial charge in [0.2, 0.25) is 5.91 Å². The molecule has 1 aliphatic heterocycles. The predicted octanol–water partition coefficient (Wildman–Crippen LogP) is 6.52. The number of para-hydroxylation sites is 1. The molecule has 1 N–H and O–H groups in total. The molecule has 38 heavy (non-hydrogen) atoms. The van der Waals surface area contributed by atoms with Crippen molar-refractivity contribution in [1.29, 1.82) is 0 Å². The van der Waals surface area contributed by atoms with Gasteiger partial charge in [-0.2, -0.15) is 0 Å². The maximum Gasteiger partial charge on any atom is 0.410 e. The lowest BCUT2D eigenvalue weighted by Gasteiger charge is -2.27. The van der Waals surface area contributed by atoms with Crippen molar-refractivity contribution < 1.29 is 14.3 Å². The average Bonchev–Trinajstić information content (AvgIpc) is 3.42. The number of ether oxygens (including phenoxy) is 1. The predicted molar refractivity (Wildman–Crippen MR) is 149 cm³/mol. The molecule has 1 saturated heterocycles. The topological polar surface area (TPSA) is 71.5 Å². The number of carbonyl (C=O) groups is 2. The molecule has 2 amide bonds. The number of amides is 2. The van der Waals surface area contributed by atoms with Gasteiger partial charge in [-0.1, -0.05) is 91.0 Å². The van der Waals surface area contributed by atoms with E-state index in [0.717, 1.165) is 27.3 Å². The van der Waals surface area contributed by atoms with Gasteiger partial charge in [-0.3, -0.25) is 14.7 Å². The van der Waals surface area contributed by atoms with Crippen LogP contribution in [0.5, 0.6) is 0 Å². The molecule has 6 rings (SSSR count). The number of likely N-dealkylation sites (tertiary alicyclic amines) is 1. The van der Waals surface area contributed by atoms with Crippen LogP contribution in [0.4, 0.5) is 10.5 Å². The van der Waals surface area contributed by atoms with E-state index in [1.165, 1.54) is 0 Å². The van der Waals surface area contributed by atoms with Crippen LogP contribution in [0, 0.1) is 0 Å². The molecule has 1 fully saturated rings. The summed E-state index contributed by atoms with van der Waals surface area (Å²) >= 11 is 0. The van der Waals surface area contributed by atoms with Crippen molar-refractivity contribution in [2.45, 2.75) is 25.0 Å². The summed E-state index contributed by atoms with van der Waals surface area (Å²) < 4.78 is 5.68. The third-order valence-corrected chi connectivity index (χ3v) is 7.22. The van der Waals surface area contributed by atoms with Crippen molar-refractivity contribution in [1.82, 2.24) is 9.88 Å². The van der Waals surface area contributed by atoms with E-state index < -0.39 is 12.1 Å². The zero-order valence-corrected chi connectivity index (χ0v) is 20.8. The molecule has 5 aromatic rings. The van der Waals surface area contributed by atoms with Crippen LogP contribution in [-0.4, -0.2) is 34.5 Å². The highest BCUT2D eigenvalue weighted by molar-refractivity contribution is 6.04. The van der Waals surface area contributed by atoms with E-state index in [4.69, 9.17) is 4.74 Å². The van der Waals surface area contributed by atoms with Crippen LogP contribution < -0.4 is 5.32 Å². The number of pyridine rings is 1. The van der Waals surface area contributed by atoms with Crippen molar-refractivity contribution in [3.05, 3.63) is 120 Å². The molecular weight excluding hydrogens is 474 g/mol. The summed E-state index contributed by atoms with van der Waals surface area (Å²) in [6, 6.07) is 32.6. The summed E-state index contributed by atoms with van der Waals surface area (Å²) in [6.07, 6.45) is 1.87. The number of fused-ring (bicyclic) bond motifs is 2. The largest absolute Gasteiger partial charge is 0.445 e. The van der Waals surface area contributed by atoms with Crippen LogP contribution >= 0.6 is 0 Å². The molecule has 0 spiro atoms. The minimum absolute atomic E-state index is 0.149. The van der Waals surface area contributed by atoms with Gasteiger partial charge in [0, 0.05) is 24.0 Å². The Kier molecular flexibility index (Phi) is 6.44. The molecular formula is C32H27N3O3. The summed E-state index contributed by atoms with van der Waals surface area (Å²) in [6.45, 7) is 0.573. The lowest BCUT2D eigenvalue weighted by atomic mass is 9.87. The normalized spacial score (nSPS) is 17.0. The van der Waals surface area contributed by atoms with Crippen molar-refractivity contribution >= 4 is 39.4 Å². The number of rotatable bonds is 5. The van der Waals surface area contributed by atoms with Gasteiger partial charge in [0.15, 0.2) is 0 Å². The fraction of sp³-hybridized carbons (Fsp3) is 0.156. The van der Waals surface area contributed by atoms with Crippen molar-refractivity contribution in [3.8, 4) is 0 Å². The van der Waals surface area contributed by atoms with Crippen LogP contribution in [0.15, 0.2) is 109 Å². The number of nitrogens with one attached hydrogen (secondary N) is 1. The molecule has 4 aromatic carbocycles. The highest BCUT2D eigenvalue weighted by Gasteiger charge is 2.44. The highest BCUT2D eigenvalue weighted by atomic mass is 16.6. The van der Waals surface area contributed by atoms with E-state index in [1.54, 1.807) is 11.1 Å². The SMILES string of the molecule is O=C(Nc1cccc2cccnc12)[C@@H]1[C@H](c2cccc3ccccc23)CCN1C(=O)OCc1ccccc1. The van der Waals surface area contributed by atoms with Crippen LogP contribution in [0.2, 0.25) is 0 Å². The van der Waals surface area contributed by atoms with E-state index in [1.807, 2.05) is 78.9 Å². The summed E-state index contributed by atoms with van der Waals surface area (Å²) in [7, 11) is 0. The van der Waals surface area contributed by atoms with Gasteiger partial charge in [0.25, 0.3) is 0 Å². The van der Waals surface area contributed by atoms with Gasteiger partial charge in [0.05, 0.1) is 11.2 Å². The van der Waals surface area contributed by atoms with Gasteiger partial charge in [-0.15, -0.1) is 0 Å². The number of benzene rings is 4. The Labute approximate surface area is 220 Å². The maximum atomic E-state index is 14.0. The average molecular weight is 502 g/mol. The lowest BCUT2D eigenvalue weighted by Crippen LogP contribution is -2.45.